The van der Waals surface area contributed by atoms with E-state index in [9.17, 15) is 4.79 Å². The molecule has 5 heteroatoms. The summed E-state index contributed by atoms with van der Waals surface area (Å²) >= 11 is 0. The number of rotatable bonds is 7. The molecular weight excluding hydrogens is 180 g/mol. The molecule has 0 fully saturated rings. The Morgan fingerprint density at radius 3 is 1.43 bits per heavy atom. The Morgan fingerprint density at radius 1 is 0.929 bits per heavy atom. The molecule has 0 unspecified atom stereocenters. The monoisotopic (exact) mass is 204 g/mol. The number of carbonyl (C=O) groups is 1. The van der Waals surface area contributed by atoms with Crippen molar-refractivity contribution >= 4 is 5.78 Å². The summed E-state index contributed by atoms with van der Waals surface area (Å²) in [6.45, 7) is 8.19. The van der Waals surface area contributed by atoms with Gasteiger partial charge in [0.05, 0.1) is 0 Å². The number of hydrogen-bond donors (Lipinski definition) is 4. The van der Waals surface area contributed by atoms with Crippen molar-refractivity contribution in [2.45, 2.75) is 13.8 Å². The predicted octanol–water partition coefficient (Wildman–Crippen LogP) is -1.32. The van der Waals surface area contributed by atoms with Crippen molar-refractivity contribution in [1.82, 2.24) is 10.6 Å². The summed E-state index contributed by atoms with van der Waals surface area (Å²) in [5.41, 5.74) is 10.5. The second-order valence-electron chi connectivity index (χ2n) is 2.99. The number of ketones is 1. The van der Waals surface area contributed by atoms with Crippen LogP contribution in [0.4, 0.5) is 0 Å². The van der Waals surface area contributed by atoms with Crippen LogP contribution in [0.1, 0.15) is 13.8 Å². The van der Waals surface area contributed by atoms with Crippen LogP contribution in [0.5, 0.6) is 0 Å². The summed E-state index contributed by atoms with van der Waals surface area (Å²) < 4.78 is 0. The minimum Gasteiger partial charge on any atom is -0.329 e. The summed E-state index contributed by atoms with van der Waals surface area (Å²) in [5, 5.41) is 6.33. The van der Waals surface area contributed by atoms with Crippen LogP contribution in [-0.2, 0) is 4.79 Å². The zero-order valence-electron chi connectivity index (χ0n) is 9.31. The van der Waals surface area contributed by atoms with Gasteiger partial charge in [-0.2, -0.15) is 0 Å². The van der Waals surface area contributed by atoms with Gasteiger partial charge in [-0.15, -0.1) is 0 Å². The van der Waals surface area contributed by atoms with Crippen LogP contribution in [0.3, 0.4) is 0 Å². The summed E-state index contributed by atoms with van der Waals surface area (Å²) in [6, 6.07) is 0. The first-order valence-electron chi connectivity index (χ1n) is 4.93. The van der Waals surface area contributed by atoms with Gasteiger partial charge in [-0.25, -0.2) is 0 Å². The van der Waals surface area contributed by atoms with Gasteiger partial charge in [-0.3, -0.25) is 0 Å². The topological polar surface area (TPSA) is 93.2 Å². The third-order valence-corrected chi connectivity index (χ3v) is 1.12. The lowest BCUT2D eigenvalue weighted by molar-refractivity contribution is -0.114. The largest absolute Gasteiger partial charge is 0.329 e. The van der Waals surface area contributed by atoms with Gasteiger partial charge in [0.1, 0.15) is 5.78 Å². The normalized spacial score (nSPS) is 9.14. The maximum atomic E-state index is 9.44. The molecule has 6 N–H and O–H groups in total. The van der Waals surface area contributed by atoms with Crippen LogP contribution < -0.4 is 22.1 Å². The van der Waals surface area contributed by atoms with Crippen molar-refractivity contribution in [1.29, 1.82) is 0 Å². The molecule has 14 heavy (non-hydrogen) atoms. The second kappa shape index (κ2) is 15.0. The van der Waals surface area contributed by atoms with Crippen LogP contribution in [0.15, 0.2) is 0 Å². The highest BCUT2D eigenvalue weighted by Crippen LogP contribution is 1.57. The average molecular weight is 204 g/mol. The predicted molar refractivity (Wildman–Crippen MR) is 60.2 cm³/mol. The van der Waals surface area contributed by atoms with E-state index in [0.717, 1.165) is 26.2 Å². The molecule has 0 spiro atoms. The summed E-state index contributed by atoms with van der Waals surface area (Å²) in [4.78, 5) is 9.44. The number of carbonyl (C=O) groups excluding carboxylic acids is 1. The van der Waals surface area contributed by atoms with Crippen LogP contribution >= 0.6 is 0 Å². The molecule has 0 aromatic heterocycles. The van der Waals surface area contributed by atoms with E-state index in [1.165, 1.54) is 13.8 Å². The van der Waals surface area contributed by atoms with Crippen molar-refractivity contribution < 1.29 is 4.79 Å². The Balaban J connectivity index is 0. The SMILES string of the molecule is CC(C)=O.NCCNCCNCCN. The second-order valence-corrected chi connectivity index (χ2v) is 2.99. The van der Waals surface area contributed by atoms with Crippen LogP contribution in [0, 0.1) is 0 Å². The van der Waals surface area contributed by atoms with E-state index < -0.39 is 0 Å². The molecule has 5 nitrogen and oxygen atoms in total. The first-order chi connectivity index (χ1) is 6.65. The Hall–Kier alpha value is -0.490. The minimum atomic E-state index is 0.167. The first kappa shape index (κ1) is 16.0. The molecule has 0 amide bonds. The van der Waals surface area contributed by atoms with Gasteiger partial charge in [0.25, 0.3) is 0 Å². The Morgan fingerprint density at radius 2 is 1.21 bits per heavy atom. The van der Waals surface area contributed by atoms with Gasteiger partial charge in [0.15, 0.2) is 0 Å². The van der Waals surface area contributed by atoms with Gasteiger partial charge < -0.3 is 26.9 Å². The molecule has 0 atom stereocenters. The van der Waals surface area contributed by atoms with Crippen molar-refractivity contribution in [3.8, 4) is 0 Å². The maximum Gasteiger partial charge on any atom is 0.126 e. The van der Waals surface area contributed by atoms with Gasteiger partial charge >= 0.3 is 0 Å². The van der Waals surface area contributed by atoms with Gasteiger partial charge in [-0.05, 0) is 13.8 Å². The van der Waals surface area contributed by atoms with Crippen LogP contribution in [0.2, 0.25) is 0 Å². The Kier molecular flexibility index (Phi) is 17.1. The third-order valence-electron chi connectivity index (χ3n) is 1.12. The standard InChI is InChI=1S/C6H18N4.C3H6O/c7-1-3-9-5-6-10-4-2-8;1-3(2)4/h9-10H,1-8H2;1-2H3. The molecule has 0 aromatic rings. The lowest BCUT2D eigenvalue weighted by atomic mass is 10.5. The lowest BCUT2D eigenvalue weighted by Gasteiger charge is -2.03. The van der Waals surface area contributed by atoms with Crippen molar-refractivity contribution in [2.75, 3.05) is 39.3 Å². The van der Waals surface area contributed by atoms with Gasteiger partial charge in [-0.1, -0.05) is 0 Å². The highest BCUT2D eigenvalue weighted by atomic mass is 16.1. The fourth-order valence-electron chi connectivity index (χ4n) is 0.631. The number of hydrogen-bond acceptors (Lipinski definition) is 5. The number of Topliss-reactive ketones (excluding diaryl/α,β-unsaturated/α-hetero) is 1. The Bertz CT molecular complexity index is 107. The molecule has 0 saturated heterocycles. The molecule has 0 saturated carbocycles. The number of nitrogens with one attached hydrogen (secondary N) is 2. The molecule has 0 heterocycles. The van der Waals surface area contributed by atoms with Gasteiger partial charge in [0, 0.05) is 39.3 Å². The fraction of sp³-hybridized carbons (Fsp3) is 0.889. The summed E-state index contributed by atoms with van der Waals surface area (Å²) in [5.74, 6) is 0.167. The first-order valence-corrected chi connectivity index (χ1v) is 4.93. The maximum absolute atomic E-state index is 9.44. The van der Waals surface area contributed by atoms with E-state index in [2.05, 4.69) is 10.6 Å². The van der Waals surface area contributed by atoms with E-state index in [1.54, 1.807) is 0 Å². The zero-order valence-corrected chi connectivity index (χ0v) is 9.31. The molecule has 86 valence electrons. The molecule has 0 radical (unpaired) electrons. The number of nitrogens with two attached hydrogens (primary N) is 2. The Labute approximate surface area is 86.6 Å². The molecule has 0 aliphatic carbocycles. The molecular formula is C9H24N4O. The molecule has 0 aliphatic heterocycles. The average Bonchev–Trinajstić information content (AvgIpc) is 2.10. The zero-order chi connectivity index (χ0) is 11.2. The fourth-order valence-corrected chi connectivity index (χ4v) is 0.631. The van der Waals surface area contributed by atoms with E-state index in [4.69, 9.17) is 11.5 Å². The van der Waals surface area contributed by atoms with Crippen molar-refractivity contribution in [3.63, 3.8) is 0 Å². The third kappa shape index (κ3) is 30.0. The molecule has 0 aromatic carbocycles. The minimum absolute atomic E-state index is 0.167. The van der Waals surface area contributed by atoms with E-state index in [1.807, 2.05) is 0 Å². The van der Waals surface area contributed by atoms with Crippen molar-refractivity contribution in [3.05, 3.63) is 0 Å². The van der Waals surface area contributed by atoms with Crippen molar-refractivity contribution in [2.24, 2.45) is 11.5 Å². The van der Waals surface area contributed by atoms with Crippen LogP contribution in [0.25, 0.3) is 0 Å². The highest BCUT2D eigenvalue weighted by molar-refractivity contribution is 5.72. The smallest absolute Gasteiger partial charge is 0.126 e. The lowest BCUT2D eigenvalue weighted by Crippen LogP contribution is -2.32. The summed E-state index contributed by atoms with van der Waals surface area (Å²) in [6.07, 6.45) is 0. The van der Waals surface area contributed by atoms with Gasteiger partial charge in [0.2, 0.25) is 0 Å². The highest BCUT2D eigenvalue weighted by Gasteiger charge is 1.83. The molecule has 0 aliphatic rings. The van der Waals surface area contributed by atoms with E-state index >= 15 is 0 Å². The van der Waals surface area contributed by atoms with E-state index in [-0.39, 0.29) is 5.78 Å². The summed E-state index contributed by atoms with van der Waals surface area (Å²) in [7, 11) is 0. The van der Waals surface area contributed by atoms with Crippen LogP contribution in [-0.4, -0.2) is 45.1 Å². The van der Waals surface area contributed by atoms with E-state index in [0.29, 0.717) is 13.1 Å². The molecule has 0 bridgehead atoms. The quantitative estimate of drug-likeness (QED) is 0.386. The molecule has 0 rings (SSSR count).